The molecule has 0 radical (unpaired) electrons. The molecule has 0 saturated carbocycles. The van der Waals surface area contributed by atoms with Gasteiger partial charge in [0.25, 0.3) is 5.91 Å². The Kier molecular flexibility index (Phi) is 6.14. The van der Waals surface area contributed by atoms with Crippen LogP contribution in [0.2, 0.25) is 0 Å². The second kappa shape index (κ2) is 9.71. The summed E-state index contributed by atoms with van der Waals surface area (Å²) in [5.41, 5.74) is 6.16. The number of halogens is 1. The summed E-state index contributed by atoms with van der Waals surface area (Å²) in [7, 11) is 0. The average Bonchev–Trinajstić information content (AvgIpc) is 3.47. The molecule has 0 fully saturated rings. The highest BCUT2D eigenvalue weighted by molar-refractivity contribution is 6.12. The molecule has 3 heterocycles. The predicted octanol–water partition coefficient (Wildman–Crippen LogP) is 3.42. The molecule has 2 aromatic carbocycles. The third-order valence-corrected chi connectivity index (χ3v) is 5.61. The number of nitrogens with one attached hydrogen (secondary N) is 1. The molecule has 0 spiro atoms. The van der Waals surface area contributed by atoms with Crippen molar-refractivity contribution in [2.24, 2.45) is 5.10 Å². The maximum atomic E-state index is 13.3. The lowest BCUT2D eigenvalue weighted by atomic mass is 10.0. The first kappa shape index (κ1) is 22.8. The Morgan fingerprint density at radius 1 is 1.03 bits per heavy atom. The molecule has 36 heavy (non-hydrogen) atoms. The molecule has 10 heteroatoms. The van der Waals surface area contributed by atoms with E-state index in [1.165, 1.54) is 35.3 Å². The van der Waals surface area contributed by atoms with Crippen LogP contribution in [0.25, 0.3) is 16.9 Å². The molecule has 5 rings (SSSR count). The lowest BCUT2D eigenvalue weighted by molar-refractivity contribution is -0.122. The minimum Gasteiger partial charge on any atom is -0.313 e. The molecule has 0 atom stereocenters. The third kappa shape index (κ3) is 4.51. The standard InChI is InChI=1S/C26H20FN7O2/c1-17-21(15-28-29-23(35)16-34-31-26(30-32-34)19-7-3-2-4-8-19)22-9-5-6-14-33(22)24(17)25(36)18-10-12-20(27)13-11-18/h2-15H,16H2,1H3,(H,29,35)/b28-15+. The second-order valence-corrected chi connectivity index (χ2v) is 7.98. The molecular weight excluding hydrogens is 461 g/mol. The van der Waals surface area contributed by atoms with Gasteiger partial charge in [-0.1, -0.05) is 36.4 Å². The van der Waals surface area contributed by atoms with Crippen LogP contribution in [0.4, 0.5) is 4.39 Å². The van der Waals surface area contributed by atoms with E-state index in [9.17, 15) is 14.0 Å². The first-order valence-corrected chi connectivity index (χ1v) is 11.1. The summed E-state index contributed by atoms with van der Waals surface area (Å²) in [6, 6.07) is 20.2. The Morgan fingerprint density at radius 3 is 2.56 bits per heavy atom. The summed E-state index contributed by atoms with van der Waals surface area (Å²) in [6.07, 6.45) is 3.27. The molecule has 0 aliphatic rings. The fourth-order valence-corrected chi connectivity index (χ4v) is 3.88. The Balaban J connectivity index is 1.34. The largest absolute Gasteiger partial charge is 0.313 e. The van der Waals surface area contributed by atoms with Crippen LogP contribution in [0.5, 0.6) is 0 Å². The fourth-order valence-electron chi connectivity index (χ4n) is 3.88. The van der Waals surface area contributed by atoms with E-state index in [0.29, 0.717) is 28.2 Å². The van der Waals surface area contributed by atoms with Crippen molar-refractivity contribution in [1.29, 1.82) is 0 Å². The van der Waals surface area contributed by atoms with Gasteiger partial charge in [-0.15, -0.1) is 10.2 Å². The van der Waals surface area contributed by atoms with Gasteiger partial charge in [0.15, 0.2) is 0 Å². The minimum absolute atomic E-state index is 0.166. The van der Waals surface area contributed by atoms with E-state index in [1.54, 1.807) is 17.5 Å². The number of amides is 1. The number of carbonyl (C=O) groups is 2. The van der Waals surface area contributed by atoms with Crippen molar-refractivity contribution in [3.63, 3.8) is 0 Å². The molecule has 3 aromatic heterocycles. The number of hydrogen-bond acceptors (Lipinski definition) is 6. The first-order chi connectivity index (χ1) is 17.5. The highest BCUT2D eigenvalue weighted by atomic mass is 19.1. The van der Waals surface area contributed by atoms with Crippen molar-refractivity contribution in [3.8, 4) is 11.4 Å². The van der Waals surface area contributed by atoms with Crippen molar-refractivity contribution in [1.82, 2.24) is 30.0 Å². The third-order valence-electron chi connectivity index (χ3n) is 5.61. The molecule has 0 unspecified atom stereocenters. The lowest BCUT2D eigenvalue weighted by Crippen LogP contribution is -2.24. The molecule has 0 saturated heterocycles. The summed E-state index contributed by atoms with van der Waals surface area (Å²) in [5.74, 6) is -0.679. The number of benzene rings is 2. The molecular formula is C26H20FN7O2. The van der Waals surface area contributed by atoms with Crippen LogP contribution < -0.4 is 5.43 Å². The van der Waals surface area contributed by atoms with E-state index in [-0.39, 0.29) is 12.3 Å². The number of pyridine rings is 1. The van der Waals surface area contributed by atoms with E-state index in [4.69, 9.17) is 0 Å². The Bertz CT molecular complexity index is 1590. The molecule has 0 bridgehead atoms. The number of aromatic nitrogens is 5. The number of hydrogen-bond donors (Lipinski definition) is 1. The summed E-state index contributed by atoms with van der Waals surface area (Å²) >= 11 is 0. The molecule has 178 valence electrons. The highest BCUT2D eigenvalue weighted by Crippen LogP contribution is 2.24. The van der Waals surface area contributed by atoms with E-state index in [1.807, 2.05) is 48.5 Å². The number of rotatable bonds is 7. The van der Waals surface area contributed by atoms with Crippen molar-refractivity contribution in [3.05, 3.63) is 107 Å². The van der Waals surface area contributed by atoms with Crippen molar-refractivity contribution in [2.45, 2.75) is 13.5 Å². The quantitative estimate of drug-likeness (QED) is 0.218. The average molecular weight is 481 g/mol. The van der Waals surface area contributed by atoms with Gasteiger partial charge in [-0.2, -0.15) is 9.90 Å². The number of fused-ring (bicyclic) bond motifs is 1. The molecule has 0 aliphatic carbocycles. The van der Waals surface area contributed by atoms with Crippen LogP contribution in [0.15, 0.2) is 84.1 Å². The number of carbonyl (C=O) groups excluding carboxylic acids is 2. The summed E-state index contributed by atoms with van der Waals surface area (Å²) < 4.78 is 15.1. The van der Waals surface area contributed by atoms with Gasteiger partial charge >= 0.3 is 0 Å². The van der Waals surface area contributed by atoms with E-state index in [0.717, 1.165) is 11.1 Å². The van der Waals surface area contributed by atoms with E-state index >= 15 is 0 Å². The Hall–Kier alpha value is -4.99. The van der Waals surface area contributed by atoms with Crippen molar-refractivity contribution in [2.75, 3.05) is 0 Å². The van der Waals surface area contributed by atoms with Gasteiger partial charge in [0.05, 0.1) is 17.4 Å². The molecule has 1 N–H and O–H groups in total. The topological polar surface area (TPSA) is 107 Å². The number of nitrogens with zero attached hydrogens (tertiary/aromatic N) is 6. The smallest absolute Gasteiger partial charge is 0.263 e. The van der Waals surface area contributed by atoms with Crippen LogP contribution in [0.1, 0.15) is 27.2 Å². The maximum absolute atomic E-state index is 13.3. The zero-order valence-corrected chi connectivity index (χ0v) is 19.2. The van der Waals surface area contributed by atoms with Crippen molar-refractivity contribution >= 4 is 23.4 Å². The van der Waals surface area contributed by atoms with Crippen LogP contribution in [-0.2, 0) is 11.3 Å². The molecule has 5 aromatic rings. The van der Waals surface area contributed by atoms with E-state index in [2.05, 4.69) is 25.9 Å². The lowest BCUT2D eigenvalue weighted by Gasteiger charge is -2.04. The normalized spacial score (nSPS) is 11.3. The fraction of sp³-hybridized carbons (Fsp3) is 0.0769. The second-order valence-electron chi connectivity index (χ2n) is 7.98. The molecule has 9 nitrogen and oxygen atoms in total. The Labute approximate surface area is 204 Å². The SMILES string of the molecule is Cc1c(/C=N/NC(=O)Cn2nnc(-c3ccccc3)n2)c2ccccn2c1C(=O)c1ccc(F)cc1. The Morgan fingerprint density at radius 2 is 1.78 bits per heavy atom. The predicted molar refractivity (Wildman–Crippen MR) is 131 cm³/mol. The first-order valence-electron chi connectivity index (χ1n) is 11.1. The number of ketones is 1. The van der Waals surface area contributed by atoms with Gasteiger partial charge < -0.3 is 4.40 Å². The van der Waals surface area contributed by atoms with Gasteiger partial charge in [0, 0.05) is 22.9 Å². The highest BCUT2D eigenvalue weighted by Gasteiger charge is 2.21. The van der Waals surface area contributed by atoms with Crippen LogP contribution in [0, 0.1) is 12.7 Å². The van der Waals surface area contributed by atoms with E-state index < -0.39 is 11.7 Å². The van der Waals surface area contributed by atoms with Gasteiger partial charge in [-0.3, -0.25) is 9.59 Å². The van der Waals surface area contributed by atoms with Gasteiger partial charge in [-0.05, 0) is 54.1 Å². The summed E-state index contributed by atoms with van der Waals surface area (Å²) in [4.78, 5) is 26.8. The monoisotopic (exact) mass is 481 g/mol. The minimum atomic E-state index is -0.438. The zero-order valence-electron chi connectivity index (χ0n) is 19.2. The zero-order chi connectivity index (χ0) is 25.1. The molecule has 1 amide bonds. The van der Waals surface area contributed by atoms with Gasteiger partial charge in [0.1, 0.15) is 12.4 Å². The van der Waals surface area contributed by atoms with Crippen LogP contribution in [-0.4, -0.2) is 42.5 Å². The summed E-state index contributed by atoms with van der Waals surface area (Å²) in [6.45, 7) is 1.64. The number of hydrazone groups is 1. The maximum Gasteiger partial charge on any atom is 0.263 e. The summed E-state index contributed by atoms with van der Waals surface area (Å²) in [5, 5.41) is 16.2. The van der Waals surface area contributed by atoms with Crippen molar-refractivity contribution < 1.29 is 14.0 Å². The van der Waals surface area contributed by atoms with Crippen LogP contribution in [0.3, 0.4) is 0 Å². The van der Waals surface area contributed by atoms with Crippen LogP contribution >= 0.6 is 0 Å². The number of tetrazole rings is 1. The molecule has 0 aliphatic heterocycles. The van der Waals surface area contributed by atoms with Gasteiger partial charge in [-0.25, -0.2) is 9.82 Å². The van der Waals surface area contributed by atoms with Gasteiger partial charge in [0.2, 0.25) is 11.6 Å².